The Bertz CT molecular complexity index is 767. The van der Waals surface area contributed by atoms with Crippen molar-refractivity contribution < 1.29 is 4.79 Å². The zero-order valence-electron chi connectivity index (χ0n) is 14.6. The first-order valence-corrected chi connectivity index (χ1v) is 9.18. The summed E-state index contributed by atoms with van der Waals surface area (Å²) in [6, 6.07) is 9.70. The minimum Gasteiger partial charge on any atom is -0.352 e. The van der Waals surface area contributed by atoms with Crippen LogP contribution in [0.25, 0.3) is 5.69 Å². The summed E-state index contributed by atoms with van der Waals surface area (Å²) < 4.78 is 2.16. The van der Waals surface area contributed by atoms with Crippen molar-refractivity contribution in [3.8, 4) is 5.69 Å². The highest BCUT2D eigenvalue weighted by atomic mass is 16.2. The summed E-state index contributed by atoms with van der Waals surface area (Å²) in [5.41, 5.74) is 6.06. The SMILES string of the molecule is CC1CCCC(NC(N)=O)(c2nnc(C3CC3)n2-c2ccccc2)C1. The number of nitrogens with zero attached hydrogens (tertiary/aromatic N) is 3. The molecule has 1 heterocycles. The molecule has 0 aliphatic heterocycles. The summed E-state index contributed by atoms with van der Waals surface area (Å²) in [5.74, 6) is 2.80. The van der Waals surface area contributed by atoms with E-state index in [0.29, 0.717) is 11.8 Å². The highest BCUT2D eigenvalue weighted by Crippen LogP contribution is 2.44. The molecular formula is C19H25N5O. The number of hydrogen-bond donors (Lipinski definition) is 2. The average molecular weight is 339 g/mol. The fourth-order valence-corrected chi connectivity index (χ4v) is 4.20. The molecule has 1 aromatic heterocycles. The number of amides is 2. The molecule has 1 aromatic carbocycles. The molecule has 2 aliphatic carbocycles. The lowest BCUT2D eigenvalue weighted by molar-refractivity contribution is 0.174. The molecule has 0 bridgehead atoms. The van der Waals surface area contributed by atoms with Gasteiger partial charge in [0.25, 0.3) is 0 Å². The van der Waals surface area contributed by atoms with Crippen LogP contribution in [0.1, 0.15) is 63.0 Å². The van der Waals surface area contributed by atoms with Crippen LogP contribution in [-0.4, -0.2) is 20.8 Å². The van der Waals surface area contributed by atoms with Crippen molar-refractivity contribution in [2.45, 2.75) is 56.9 Å². The van der Waals surface area contributed by atoms with Crippen LogP contribution in [0.3, 0.4) is 0 Å². The Hall–Kier alpha value is -2.37. The third-order valence-corrected chi connectivity index (χ3v) is 5.43. The van der Waals surface area contributed by atoms with Gasteiger partial charge in [-0.15, -0.1) is 10.2 Å². The Morgan fingerprint density at radius 1 is 1.24 bits per heavy atom. The van der Waals surface area contributed by atoms with Crippen LogP contribution in [0.15, 0.2) is 30.3 Å². The minimum atomic E-state index is -0.542. The lowest BCUT2D eigenvalue weighted by atomic mass is 9.75. The molecule has 0 saturated heterocycles. The van der Waals surface area contributed by atoms with E-state index in [9.17, 15) is 4.79 Å². The zero-order valence-corrected chi connectivity index (χ0v) is 14.6. The van der Waals surface area contributed by atoms with E-state index in [-0.39, 0.29) is 0 Å². The summed E-state index contributed by atoms with van der Waals surface area (Å²) in [5, 5.41) is 12.1. The zero-order chi connectivity index (χ0) is 17.4. The number of para-hydroxylation sites is 1. The maximum Gasteiger partial charge on any atom is 0.312 e. The van der Waals surface area contributed by atoms with Gasteiger partial charge in [0.15, 0.2) is 5.82 Å². The number of nitrogens with two attached hydrogens (primary N) is 1. The largest absolute Gasteiger partial charge is 0.352 e. The fourth-order valence-electron chi connectivity index (χ4n) is 4.20. The molecule has 0 spiro atoms. The third kappa shape index (κ3) is 3.01. The Labute approximate surface area is 147 Å². The van der Waals surface area contributed by atoms with Gasteiger partial charge in [0.1, 0.15) is 11.4 Å². The van der Waals surface area contributed by atoms with Crippen molar-refractivity contribution in [1.29, 1.82) is 0 Å². The first kappa shape index (κ1) is 16.1. The van der Waals surface area contributed by atoms with Crippen LogP contribution < -0.4 is 11.1 Å². The van der Waals surface area contributed by atoms with E-state index in [0.717, 1.165) is 55.9 Å². The topological polar surface area (TPSA) is 85.8 Å². The standard InChI is InChI=1S/C19H25N5O/c1-13-6-5-11-19(12-13,21-18(20)25)17-23-22-16(14-9-10-14)24(17)15-7-3-2-4-8-15/h2-4,7-8,13-14H,5-6,9-12H2,1H3,(H3,20,21,25). The number of rotatable bonds is 4. The van der Waals surface area contributed by atoms with Gasteiger partial charge in [0, 0.05) is 11.6 Å². The highest BCUT2D eigenvalue weighted by Gasteiger charge is 2.44. The summed E-state index contributed by atoms with van der Waals surface area (Å²) in [6.07, 6.45) is 6.19. The van der Waals surface area contributed by atoms with Gasteiger partial charge in [-0.05, 0) is 43.7 Å². The number of primary amides is 1. The van der Waals surface area contributed by atoms with E-state index in [1.54, 1.807) is 0 Å². The minimum absolute atomic E-state index is 0.466. The van der Waals surface area contributed by atoms with Crippen LogP contribution in [0, 0.1) is 5.92 Å². The fraction of sp³-hybridized carbons (Fsp3) is 0.526. The molecular weight excluding hydrogens is 314 g/mol. The second kappa shape index (κ2) is 6.17. The first-order valence-electron chi connectivity index (χ1n) is 9.18. The van der Waals surface area contributed by atoms with Crippen molar-refractivity contribution in [3.05, 3.63) is 42.0 Å². The number of carbonyl (C=O) groups is 1. The van der Waals surface area contributed by atoms with Crippen LogP contribution in [-0.2, 0) is 5.54 Å². The lowest BCUT2D eigenvalue weighted by Crippen LogP contribution is -2.52. The van der Waals surface area contributed by atoms with Gasteiger partial charge >= 0.3 is 6.03 Å². The van der Waals surface area contributed by atoms with E-state index >= 15 is 0 Å². The molecule has 2 atom stereocenters. The molecule has 25 heavy (non-hydrogen) atoms. The van der Waals surface area contributed by atoms with Crippen molar-refractivity contribution in [1.82, 2.24) is 20.1 Å². The molecule has 2 saturated carbocycles. The Morgan fingerprint density at radius 3 is 2.64 bits per heavy atom. The molecule has 4 rings (SSSR count). The van der Waals surface area contributed by atoms with Gasteiger partial charge < -0.3 is 11.1 Å². The number of aromatic nitrogens is 3. The van der Waals surface area contributed by atoms with E-state index in [4.69, 9.17) is 5.73 Å². The van der Waals surface area contributed by atoms with Gasteiger partial charge in [0.05, 0.1) is 0 Å². The highest BCUT2D eigenvalue weighted by molar-refractivity contribution is 5.72. The van der Waals surface area contributed by atoms with E-state index in [1.807, 2.05) is 18.2 Å². The molecule has 2 unspecified atom stereocenters. The smallest absolute Gasteiger partial charge is 0.312 e. The molecule has 0 radical (unpaired) electrons. The molecule has 2 aromatic rings. The quantitative estimate of drug-likeness (QED) is 0.897. The molecule has 2 fully saturated rings. The van der Waals surface area contributed by atoms with Crippen LogP contribution >= 0.6 is 0 Å². The molecule has 132 valence electrons. The number of hydrogen-bond acceptors (Lipinski definition) is 3. The molecule has 2 aliphatic rings. The predicted molar refractivity (Wildman–Crippen MR) is 95.4 cm³/mol. The van der Waals surface area contributed by atoms with Gasteiger partial charge in [-0.25, -0.2) is 4.79 Å². The van der Waals surface area contributed by atoms with Gasteiger partial charge in [-0.1, -0.05) is 38.0 Å². The molecule has 2 amide bonds. The third-order valence-electron chi connectivity index (χ3n) is 5.43. The lowest BCUT2D eigenvalue weighted by Gasteiger charge is -2.39. The van der Waals surface area contributed by atoms with E-state index in [2.05, 4.69) is 39.1 Å². The maximum absolute atomic E-state index is 11.8. The molecule has 6 heteroatoms. The summed E-state index contributed by atoms with van der Waals surface area (Å²) >= 11 is 0. The number of urea groups is 1. The second-order valence-electron chi connectivity index (χ2n) is 7.60. The number of carbonyl (C=O) groups excluding carboxylic acids is 1. The number of nitrogens with one attached hydrogen (secondary N) is 1. The summed E-state index contributed by atoms with van der Waals surface area (Å²) in [6.45, 7) is 2.22. The van der Waals surface area contributed by atoms with E-state index in [1.165, 1.54) is 0 Å². The summed E-state index contributed by atoms with van der Waals surface area (Å²) in [7, 11) is 0. The van der Waals surface area contributed by atoms with Gasteiger partial charge in [0.2, 0.25) is 0 Å². The normalized spacial score (nSPS) is 26.4. The number of benzene rings is 1. The summed E-state index contributed by atoms with van der Waals surface area (Å²) in [4.78, 5) is 11.8. The van der Waals surface area contributed by atoms with Crippen molar-refractivity contribution in [2.75, 3.05) is 0 Å². The first-order chi connectivity index (χ1) is 12.1. The van der Waals surface area contributed by atoms with Crippen LogP contribution in [0.5, 0.6) is 0 Å². The Balaban J connectivity index is 1.86. The van der Waals surface area contributed by atoms with Gasteiger partial charge in [-0.3, -0.25) is 4.57 Å². The van der Waals surface area contributed by atoms with Crippen molar-refractivity contribution in [2.24, 2.45) is 11.7 Å². The second-order valence-corrected chi connectivity index (χ2v) is 7.60. The van der Waals surface area contributed by atoms with E-state index < -0.39 is 11.6 Å². The van der Waals surface area contributed by atoms with Gasteiger partial charge in [-0.2, -0.15) is 0 Å². The molecule has 6 nitrogen and oxygen atoms in total. The monoisotopic (exact) mass is 339 g/mol. The maximum atomic E-state index is 11.8. The van der Waals surface area contributed by atoms with Crippen LogP contribution in [0.4, 0.5) is 4.79 Å². The Kier molecular flexibility index (Phi) is 3.98. The van der Waals surface area contributed by atoms with Crippen molar-refractivity contribution in [3.63, 3.8) is 0 Å². The predicted octanol–water partition coefficient (Wildman–Crippen LogP) is 3.22. The Morgan fingerprint density at radius 2 is 2.00 bits per heavy atom. The molecule has 3 N–H and O–H groups in total. The average Bonchev–Trinajstić information content (AvgIpc) is 3.33. The van der Waals surface area contributed by atoms with Crippen molar-refractivity contribution >= 4 is 6.03 Å². The van der Waals surface area contributed by atoms with Crippen LogP contribution in [0.2, 0.25) is 0 Å².